The summed E-state index contributed by atoms with van der Waals surface area (Å²) >= 11 is 0. The molecule has 0 heterocycles. The Labute approximate surface area is 192 Å². The molecular formula is C25H19F4NO4. The minimum atomic E-state index is -2.28. The number of ether oxygens (including phenoxy) is 1. The lowest BCUT2D eigenvalue weighted by atomic mass is 9.97. The summed E-state index contributed by atoms with van der Waals surface area (Å²) in [4.78, 5) is 17.2. The highest BCUT2D eigenvalue weighted by atomic mass is 19.2. The zero-order chi connectivity index (χ0) is 24.8. The van der Waals surface area contributed by atoms with Gasteiger partial charge >= 0.3 is 5.97 Å². The van der Waals surface area contributed by atoms with E-state index in [2.05, 4.69) is 4.99 Å². The summed E-state index contributed by atoms with van der Waals surface area (Å²) in [6, 6.07) is 16.7. The number of halogens is 4. The molecule has 34 heavy (non-hydrogen) atoms. The molecule has 0 radical (unpaired) electrons. The predicted octanol–water partition coefficient (Wildman–Crippen LogP) is 5.47. The van der Waals surface area contributed by atoms with E-state index in [0.29, 0.717) is 5.56 Å². The zero-order valence-corrected chi connectivity index (χ0v) is 17.9. The number of phenols is 1. The van der Waals surface area contributed by atoms with Crippen LogP contribution in [0.2, 0.25) is 0 Å². The maximum atomic E-state index is 14.6. The number of nitrogens with zero attached hydrogens (tertiary/aromatic N) is 1. The van der Waals surface area contributed by atoms with E-state index >= 15 is 0 Å². The molecule has 0 aliphatic heterocycles. The SMILES string of the molecule is CCOC(=O)/C(C(=NCc1ccccc1)c1ccccc1)=C(/O)c1c(O)c(F)c(F)c(F)c1F. The first-order valence-electron chi connectivity index (χ1n) is 10.1. The molecule has 0 bridgehead atoms. The van der Waals surface area contributed by atoms with Gasteiger partial charge in [-0.3, -0.25) is 4.99 Å². The van der Waals surface area contributed by atoms with Gasteiger partial charge in [-0.2, -0.15) is 4.39 Å². The van der Waals surface area contributed by atoms with Crippen molar-refractivity contribution >= 4 is 17.4 Å². The van der Waals surface area contributed by atoms with E-state index in [1.54, 1.807) is 48.5 Å². The molecule has 0 saturated heterocycles. The lowest BCUT2D eigenvalue weighted by Crippen LogP contribution is -2.20. The van der Waals surface area contributed by atoms with Gasteiger partial charge in [0.05, 0.1) is 18.9 Å². The smallest absolute Gasteiger partial charge is 0.344 e. The molecule has 3 rings (SSSR count). The summed E-state index contributed by atoms with van der Waals surface area (Å²) < 4.78 is 61.0. The average Bonchev–Trinajstić information content (AvgIpc) is 2.85. The Morgan fingerprint density at radius 1 is 0.882 bits per heavy atom. The third-order valence-corrected chi connectivity index (χ3v) is 4.74. The van der Waals surface area contributed by atoms with E-state index < -0.39 is 51.9 Å². The van der Waals surface area contributed by atoms with Gasteiger partial charge in [0.1, 0.15) is 16.9 Å². The van der Waals surface area contributed by atoms with Crippen LogP contribution < -0.4 is 0 Å². The summed E-state index contributed by atoms with van der Waals surface area (Å²) in [5.41, 5.74) is -1.43. The van der Waals surface area contributed by atoms with Crippen LogP contribution in [0.4, 0.5) is 17.6 Å². The summed E-state index contributed by atoms with van der Waals surface area (Å²) in [6.45, 7) is 1.30. The molecule has 0 unspecified atom stereocenters. The first kappa shape index (κ1) is 24.5. The Hall–Kier alpha value is -4.14. The summed E-state index contributed by atoms with van der Waals surface area (Å²) in [7, 11) is 0. The molecule has 3 aromatic carbocycles. The molecule has 0 fully saturated rings. The standard InChI is InChI=1S/C25H19F4NO4/c1-2-34-25(33)17(23(31)16-18(26)19(27)20(28)21(29)24(16)32)22(15-11-7-4-8-12-15)30-13-14-9-5-3-6-10-14/h3-12,31-32H,2,13H2,1H3/b23-17+,30-22?. The number of phenolic OH excluding ortho intramolecular Hbond substituents is 1. The first-order chi connectivity index (χ1) is 16.3. The summed E-state index contributed by atoms with van der Waals surface area (Å²) in [5, 5.41) is 20.8. The van der Waals surface area contributed by atoms with Gasteiger partial charge in [0, 0.05) is 5.56 Å². The molecular weight excluding hydrogens is 454 g/mol. The fraction of sp³-hybridized carbons (Fsp3) is 0.120. The van der Waals surface area contributed by atoms with E-state index in [9.17, 15) is 32.6 Å². The van der Waals surface area contributed by atoms with Crippen molar-refractivity contribution < 1.29 is 37.3 Å². The molecule has 5 nitrogen and oxygen atoms in total. The van der Waals surface area contributed by atoms with E-state index in [4.69, 9.17) is 4.74 Å². The Bertz CT molecular complexity index is 1230. The number of esters is 1. The van der Waals surface area contributed by atoms with E-state index in [1.807, 2.05) is 0 Å². The third kappa shape index (κ3) is 4.93. The minimum Gasteiger partial charge on any atom is -0.506 e. The molecule has 0 aliphatic carbocycles. The van der Waals surface area contributed by atoms with Crippen molar-refractivity contribution in [2.75, 3.05) is 6.61 Å². The highest BCUT2D eigenvalue weighted by Gasteiger charge is 2.32. The van der Waals surface area contributed by atoms with Crippen molar-refractivity contribution in [2.45, 2.75) is 13.5 Å². The second-order valence-corrected chi connectivity index (χ2v) is 6.94. The first-order valence-corrected chi connectivity index (χ1v) is 10.1. The number of hydrogen-bond acceptors (Lipinski definition) is 5. The number of benzene rings is 3. The summed E-state index contributed by atoms with van der Waals surface area (Å²) in [6.07, 6.45) is 0. The second-order valence-electron chi connectivity index (χ2n) is 6.94. The normalized spacial score (nSPS) is 12.3. The highest BCUT2D eigenvalue weighted by molar-refractivity contribution is 6.30. The van der Waals surface area contributed by atoms with Crippen LogP contribution in [0.3, 0.4) is 0 Å². The quantitative estimate of drug-likeness (QED) is 0.0907. The Morgan fingerprint density at radius 2 is 1.44 bits per heavy atom. The molecule has 0 saturated carbocycles. The molecule has 3 aromatic rings. The number of carbonyl (C=O) groups excluding carboxylic acids is 1. The minimum absolute atomic E-state index is 0.00184. The monoisotopic (exact) mass is 473 g/mol. The number of rotatable bonds is 7. The number of hydrogen-bond donors (Lipinski definition) is 2. The van der Waals surface area contributed by atoms with Crippen molar-refractivity contribution in [1.29, 1.82) is 0 Å². The van der Waals surface area contributed by atoms with Gasteiger partial charge in [0.2, 0.25) is 11.6 Å². The van der Waals surface area contributed by atoms with E-state index in [-0.39, 0.29) is 24.4 Å². The number of aliphatic imine (C=N–C) groups is 1. The van der Waals surface area contributed by atoms with Crippen molar-refractivity contribution in [1.82, 2.24) is 0 Å². The van der Waals surface area contributed by atoms with E-state index in [1.165, 1.54) is 19.1 Å². The average molecular weight is 473 g/mol. The van der Waals surface area contributed by atoms with Gasteiger partial charge in [-0.15, -0.1) is 0 Å². The molecule has 2 N–H and O–H groups in total. The topological polar surface area (TPSA) is 79.1 Å². The Balaban J connectivity index is 2.33. The predicted molar refractivity (Wildman–Crippen MR) is 117 cm³/mol. The van der Waals surface area contributed by atoms with Crippen molar-refractivity contribution in [3.05, 3.63) is 106 Å². The van der Waals surface area contributed by atoms with Crippen LogP contribution in [0.25, 0.3) is 5.76 Å². The molecule has 0 aromatic heterocycles. The maximum absolute atomic E-state index is 14.6. The van der Waals surface area contributed by atoms with Gasteiger partial charge in [0.15, 0.2) is 17.4 Å². The number of carbonyl (C=O) groups is 1. The van der Waals surface area contributed by atoms with E-state index in [0.717, 1.165) is 0 Å². The van der Waals surface area contributed by atoms with Crippen LogP contribution in [-0.2, 0) is 16.1 Å². The fourth-order valence-electron chi connectivity index (χ4n) is 3.13. The Morgan fingerprint density at radius 3 is 2.03 bits per heavy atom. The van der Waals surface area contributed by atoms with Crippen LogP contribution in [0.1, 0.15) is 23.6 Å². The molecule has 0 atom stereocenters. The van der Waals surface area contributed by atoms with Gasteiger partial charge in [-0.05, 0) is 12.5 Å². The lowest BCUT2D eigenvalue weighted by molar-refractivity contribution is -0.137. The van der Waals surface area contributed by atoms with Crippen LogP contribution >= 0.6 is 0 Å². The Kier molecular flexibility index (Phi) is 7.68. The molecule has 0 aliphatic rings. The van der Waals surface area contributed by atoms with Gasteiger partial charge in [-0.25, -0.2) is 18.0 Å². The maximum Gasteiger partial charge on any atom is 0.344 e. The van der Waals surface area contributed by atoms with Crippen LogP contribution in [-0.4, -0.2) is 28.5 Å². The summed E-state index contributed by atoms with van der Waals surface area (Å²) in [5.74, 6) is -13.1. The van der Waals surface area contributed by atoms with Crippen molar-refractivity contribution in [2.24, 2.45) is 4.99 Å². The highest BCUT2D eigenvalue weighted by Crippen LogP contribution is 2.35. The molecule has 176 valence electrons. The van der Waals surface area contributed by atoms with Gasteiger partial charge in [-0.1, -0.05) is 60.7 Å². The number of aliphatic hydroxyl groups is 1. The van der Waals surface area contributed by atoms with Gasteiger partial charge in [0.25, 0.3) is 0 Å². The van der Waals surface area contributed by atoms with Crippen molar-refractivity contribution in [3.63, 3.8) is 0 Å². The largest absolute Gasteiger partial charge is 0.506 e. The molecule has 0 amide bonds. The third-order valence-electron chi connectivity index (χ3n) is 4.74. The zero-order valence-electron chi connectivity index (χ0n) is 17.9. The number of aromatic hydroxyl groups is 1. The second kappa shape index (κ2) is 10.7. The fourth-order valence-corrected chi connectivity index (χ4v) is 3.13. The molecule has 9 heteroatoms. The van der Waals surface area contributed by atoms with Crippen molar-refractivity contribution in [3.8, 4) is 5.75 Å². The number of aliphatic hydroxyl groups excluding tert-OH is 1. The van der Waals surface area contributed by atoms with Crippen LogP contribution in [0.15, 0.2) is 71.2 Å². The lowest BCUT2D eigenvalue weighted by Gasteiger charge is -2.16. The van der Waals surface area contributed by atoms with Crippen LogP contribution in [0, 0.1) is 23.3 Å². The van der Waals surface area contributed by atoms with Crippen LogP contribution in [0.5, 0.6) is 5.75 Å². The molecule has 0 spiro atoms. The van der Waals surface area contributed by atoms with Gasteiger partial charge < -0.3 is 14.9 Å².